The highest BCUT2D eigenvalue weighted by molar-refractivity contribution is 5.09. The molecule has 0 aromatic heterocycles. The quantitative estimate of drug-likeness (QED) is 0.662. The summed E-state index contributed by atoms with van der Waals surface area (Å²) in [6, 6.07) is 2.17. The first-order valence-electron chi connectivity index (χ1n) is 5.73. The number of nitrogens with zero attached hydrogens (tertiary/aromatic N) is 1. The van der Waals surface area contributed by atoms with Crippen LogP contribution in [0.25, 0.3) is 0 Å². The van der Waals surface area contributed by atoms with Crippen LogP contribution in [0.15, 0.2) is 0 Å². The molecular weight excluding hydrogens is 160 g/mol. The summed E-state index contributed by atoms with van der Waals surface area (Å²) in [7, 11) is 0. The van der Waals surface area contributed by atoms with Crippen LogP contribution in [0.5, 0.6) is 0 Å². The summed E-state index contributed by atoms with van der Waals surface area (Å²) in [5.41, 5.74) is 6.64. The molecule has 0 amide bonds. The SMILES string of the molecule is CC1(N2C3CCC2CC(N)C3)CC1. The summed E-state index contributed by atoms with van der Waals surface area (Å²) in [5, 5.41) is 0. The average Bonchev–Trinajstić information content (AvgIpc) is 2.73. The lowest BCUT2D eigenvalue weighted by atomic mass is 9.96. The fraction of sp³-hybridized carbons (Fsp3) is 1.00. The van der Waals surface area contributed by atoms with E-state index in [0.29, 0.717) is 11.6 Å². The van der Waals surface area contributed by atoms with Crippen molar-refractivity contribution in [1.29, 1.82) is 0 Å². The summed E-state index contributed by atoms with van der Waals surface area (Å²) < 4.78 is 0. The highest BCUT2D eigenvalue weighted by Gasteiger charge is 2.53. The molecule has 2 saturated heterocycles. The minimum absolute atomic E-state index is 0.496. The van der Waals surface area contributed by atoms with E-state index in [9.17, 15) is 0 Å². The molecule has 3 rings (SSSR count). The Morgan fingerprint density at radius 1 is 1.15 bits per heavy atom. The molecule has 13 heavy (non-hydrogen) atoms. The summed E-state index contributed by atoms with van der Waals surface area (Å²) >= 11 is 0. The van der Waals surface area contributed by atoms with Crippen LogP contribution in [-0.2, 0) is 0 Å². The summed E-state index contributed by atoms with van der Waals surface area (Å²) in [6.07, 6.45) is 8.19. The molecule has 0 aromatic rings. The Hall–Kier alpha value is -0.0800. The van der Waals surface area contributed by atoms with E-state index in [1.165, 1.54) is 38.5 Å². The summed E-state index contributed by atoms with van der Waals surface area (Å²) in [4.78, 5) is 2.82. The van der Waals surface area contributed by atoms with Gasteiger partial charge in [-0.05, 0) is 45.4 Å². The first-order valence-corrected chi connectivity index (χ1v) is 5.73. The molecule has 0 aromatic carbocycles. The molecule has 2 heteroatoms. The van der Waals surface area contributed by atoms with Crippen molar-refractivity contribution in [3.8, 4) is 0 Å². The minimum atomic E-state index is 0.496. The Morgan fingerprint density at radius 2 is 1.69 bits per heavy atom. The number of hydrogen-bond acceptors (Lipinski definition) is 2. The fourth-order valence-corrected chi connectivity index (χ4v) is 3.54. The lowest BCUT2D eigenvalue weighted by Gasteiger charge is -2.42. The van der Waals surface area contributed by atoms with Gasteiger partial charge >= 0.3 is 0 Å². The second kappa shape index (κ2) is 2.48. The van der Waals surface area contributed by atoms with Crippen molar-refractivity contribution in [1.82, 2.24) is 4.90 Å². The topological polar surface area (TPSA) is 29.3 Å². The summed E-state index contributed by atoms with van der Waals surface area (Å²) in [5.74, 6) is 0. The molecule has 0 radical (unpaired) electrons. The molecule has 2 bridgehead atoms. The van der Waals surface area contributed by atoms with Gasteiger partial charge in [-0.25, -0.2) is 0 Å². The van der Waals surface area contributed by atoms with Crippen molar-refractivity contribution in [3.63, 3.8) is 0 Å². The highest BCUT2D eigenvalue weighted by Crippen LogP contribution is 2.50. The maximum atomic E-state index is 6.05. The Labute approximate surface area is 80.5 Å². The van der Waals surface area contributed by atoms with E-state index in [4.69, 9.17) is 5.73 Å². The average molecular weight is 180 g/mol. The first kappa shape index (κ1) is 8.25. The van der Waals surface area contributed by atoms with E-state index in [2.05, 4.69) is 11.8 Å². The Balaban J connectivity index is 1.83. The molecule has 2 nitrogen and oxygen atoms in total. The zero-order valence-corrected chi connectivity index (χ0v) is 8.50. The van der Waals surface area contributed by atoms with Crippen LogP contribution in [0.4, 0.5) is 0 Å². The van der Waals surface area contributed by atoms with Gasteiger partial charge in [0.15, 0.2) is 0 Å². The standard InChI is InChI=1S/C11H20N2/c1-11(4-5-11)13-9-2-3-10(13)7-8(12)6-9/h8-10H,2-7,12H2,1H3. The molecule has 2 N–H and O–H groups in total. The van der Waals surface area contributed by atoms with Crippen molar-refractivity contribution in [3.05, 3.63) is 0 Å². The van der Waals surface area contributed by atoms with Crippen LogP contribution in [0.1, 0.15) is 45.4 Å². The molecule has 0 spiro atoms. The summed E-state index contributed by atoms with van der Waals surface area (Å²) in [6.45, 7) is 2.44. The van der Waals surface area contributed by atoms with Crippen molar-refractivity contribution >= 4 is 0 Å². The zero-order chi connectivity index (χ0) is 9.05. The van der Waals surface area contributed by atoms with E-state index < -0.39 is 0 Å². The third-order valence-corrected chi connectivity index (χ3v) is 4.37. The smallest absolute Gasteiger partial charge is 0.0188 e. The fourth-order valence-electron chi connectivity index (χ4n) is 3.54. The molecule has 2 unspecified atom stereocenters. The van der Waals surface area contributed by atoms with E-state index in [0.717, 1.165) is 12.1 Å². The van der Waals surface area contributed by atoms with E-state index in [1.807, 2.05) is 0 Å². The minimum Gasteiger partial charge on any atom is -0.328 e. The monoisotopic (exact) mass is 180 g/mol. The number of hydrogen-bond donors (Lipinski definition) is 1. The lowest BCUT2D eigenvalue weighted by molar-refractivity contribution is 0.0725. The molecule has 74 valence electrons. The zero-order valence-electron chi connectivity index (χ0n) is 8.50. The number of rotatable bonds is 1. The Kier molecular flexibility index (Phi) is 1.58. The van der Waals surface area contributed by atoms with Gasteiger partial charge in [-0.2, -0.15) is 0 Å². The molecule has 3 fully saturated rings. The van der Waals surface area contributed by atoms with Gasteiger partial charge in [-0.1, -0.05) is 0 Å². The van der Waals surface area contributed by atoms with Crippen LogP contribution in [0.3, 0.4) is 0 Å². The van der Waals surface area contributed by atoms with E-state index in [-0.39, 0.29) is 0 Å². The van der Waals surface area contributed by atoms with Crippen LogP contribution >= 0.6 is 0 Å². The predicted molar refractivity (Wildman–Crippen MR) is 53.5 cm³/mol. The number of fused-ring (bicyclic) bond motifs is 2. The lowest BCUT2D eigenvalue weighted by Crippen LogP contribution is -2.52. The maximum absolute atomic E-state index is 6.05. The maximum Gasteiger partial charge on any atom is 0.0188 e. The van der Waals surface area contributed by atoms with Crippen LogP contribution in [-0.4, -0.2) is 28.6 Å². The van der Waals surface area contributed by atoms with Crippen molar-refractivity contribution < 1.29 is 0 Å². The Bertz CT molecular complexity index is 208. The van der Waals surface area contributed by atoms with Crippen LogP contribution < -0.4 is 5.73 Å². The predicted octanol–water partition coefficient (Wildman–Crippen LogP) is 1.49. The highest BCUT2D eigenvalue weighted by atomic mass is 15.3. The first-order chi connectivity index (χ1) is 6.19. The third kappa shape index (κ3) is 1.15. The normalized spacial score (nSPS) is 48.0. The molecule has 2 heterocycles. The second-order valence-corrected chi connectivity index (χ2v) is 5.52. The van der Waals surface area contributed by atoms with Crippen LogP contribution in [0, 0.1) is 0 Å². The molecule has 1 saturated carbocycles. The van der Waals surface area contributed by atoms with Gasteiger partial charge in [0.05, 0.1) is 0 Å². The van der Waals surface area contributed by atoms with Crippen molar-refractivity contribution in [2.24, 2.45) is 5.73 Å². The largest absolute Gasteiger partial charge is 0.328 e. The molecule has 2 aliphatic heterocycles. The molecule has 2 atom stereocenters. The molecule has 3 aliphatic rings. The van der Waals surface area contributed by atoms with Gasteiger partial charge in [-0.15, -0.1) is 0 Å². The van der Waals surface area contributed by atoms with Crippen molar-refractivity contribution in [2.75, 3.05) is 0 Å². The van der Waals surface area contributed by atoms with Gasteiger partial charge in [-0.3, -0.25) is 4.90 Å². The van der Waals surface area contributed by atoms with E-state index >= 15 is 0 Å². The van der Waals surface area contributed by atoms with Gasteiger partial charge in [0, 0.05) is 23.7 Å². The van der Waals surface area contributed by atoms with Gasteiger partial charge < -0.3 is 5.73 Å². The second-order valence-electron chi connectivity index (χ2n) is 5.52. The molecular formula is C11H20N2. The van der Waals surface area contributed by atoms with Gasteiger partial charge in [0.2, 0.25) is 0 Å². The van der Waals surface area contributed by atoms with Crippen molar-refractivity contribution in [2.45, 2.75) is 69.1 Å². The third-order valence-electron chi connectivity index (χ3n) is 4.37. The van der Waals surface area contributed by atoms with E-state index in [1.54, 1.807) is 0 Å². The number of nitrogens with two attached hydrogens (primary N) is 1. The van der Waals surface area contributed by atoms with Gasteiger partial charge in [0.25, 0.3) is 0 Å². The number of piperidine rings is 1. The van der Waals surface area contributed by atoms with Crippen LogP contribution in [0.2, 0.25) is 0 Å². The Morgan fingerprint density at radius 3 is 2.15 bits per heavy atom. The van der Waals surface area contributed by atoms with Gasteiger partial charge in [0.1, 0.15) is 0 Å². The molecule has 1 aliphatic carbocycles.